The number of ether oxygens (including phenoxy) is 1. The highest BCUT2D eigenvalue weighted by molar-refractivity contribution is 5.81. The van der Waals surface area contributed by atoms with Gasteiger partial charge in [0.1, 0.15) is 0 Å². The number of aromatic nitrogens is 2. The normalized spacial score (nSPS) is 12.3. The Hall–Kier alpha value is -2.81. The molecule has 0 aliphatic heterocycles. The second-order valence-corrected chi connectivity index (χ2v) is 6.18. The smallest absolute Gasteiger partial charge is 0.332 e. The van der Waals surface area contributed by atoms with E-state index in [1.54, 1.807) is 30.5 Å². The van der Waals surface area contributed by atoms with Crippen LogP contribution in [-0.4, -0.2) is 22.9 Å². The number of carbonyl (C=O) groups is 1. The predicted molar refractivity (Wildman–Crippen MR) is 86.8 cm³/mol. The molecule has 0 fully saturated rings. The van der Waals surface area contributed by atoms with E-state index in [-0.39, 0.29) is 5.54 Å². The lowest BCUT2D eigenvalue weighted by atomic mass is 10.0. The molecule has 0 aliphatic rings. The van der Waals surface area contributed by atoms with Gasteiger partial charge in [-0.2, -0.15) is 10.4 Å². The van der Waals surface area contributed by atoms with E-state index < -0.39 is 12.0 Å². The van der Waals surface area contributed by atoms with E-state index in [1.165, 1.54) is 7.11 Å². The summed E-state index contributed by atoms with van der Waals surface area (Å²) in [6, 6.07) is 8.25. The third-order valence-corrected chi connectivity index (χ3v) is 3.37. The topological polar surface area (TPSA) is 79.9 Å². The molecule has 1 heterocycles. The molecule has 1 aromatic heterocycles. The number of nitriles is 1. The maximum Gasteiger partial charge on any atom is 0.332 e. The third kappa shape index (κ3) is 3.89. The van der Waals surface area contributed by atoms with Gasteiger partial charge in [0.05, 0.1) is 36.2 Å². The molecule has 0 radical (unpaired) electrons. The van der Waals surface area contributed by atoms with E-state index in [0.717, 1.165) is 0 Å². The van der Waals surface area contributed by atoms with Crippen molar-refractivity contribution in [3.8, 4) is 6.07 Å². The van der Waals surface area contributed by atoms with Crippen molar-refractivity contribution in [2.45, 2.75) is 32.4 Å². The van der Waals surface area contributed by atoms with Gasteiger partial charge in [0.2, 0.25) is 0 Å². The van der Waals surface area contributed by atoms with Crippen LogP contribution in [0, 0.1) is 11.3 Å². The van der Waals surface area contributed by atoms with Crippen LogP contribution in [0.1, 0.15) is 37.9 Å². The highest BCUT2D eigenvalue weighted by Gasteiger charge is 2.23. The fraction of sp³-hybridized carbons (Fsp3) is 0.353. The maximum absolute atomic E-state index is 12.1. The summed E-state index contributed by atoms with van der Waals surface area (Å²) in [7, 11) is 1.34. The van der Waals surface area contributed by atoms with Crippen LogP contribution < -0.4 is 5.32 Å². The zero-order valence-corrected chi connectivity index (χ0v) is 13.7. The Morgan fingerprint density at radius 2 is 2.17 bits per heavy atom. The Morgan fingerprint density at radius 1 is 1.43 bits per heavy atom. The third-order valence-electron chi connectivity index (χ3n) is 3.37. The Morgan fingerprint density at radius 3 is 2.74 bits per heavy atom. The summed E-state index contributed by atoms with van der Waals surface area (Å²) < 4.78 is 6.69. The minimum atomic E-state index is -0.703. The SMILES string of the molecule is COC(=O)[C@H](Nc1cnn(C(C)(C)C)c1)c1cccc(C#N)c1. The van der Waals surface area contributed by atoms with Gasteiger partial charge in [0.25, 0.3) is 0 Å². The minimum absolute atomic E-state index is 0.151. The summed E-state index contributed by atoms with van der Waals surface area (Å²) in [4.78, 5) is 12.1. The molecule has 6 heteroatoms. The van der Waals surface area contributed by atoms with Crippen LogP contribution in [-0.2, 0) is 15.1 Å². The summed E-state index contributed by atoms with van der Waals surface area (Å²) in [6.45, 7) is 6.12. The summed E-state index contributed by atoms with van der Waals surface area (Å²) in [6.07, 6.45) is 3.50. The first-order valence-corrected chi connectivity index (χ1v) is 7.24. The van der Waals surface area contributed by atoms with Gasteiger partial charge in [-0.05, 0) is 38.5 Å². The predicted octanol–water partition coefficient (Wildman–Crippen LogP) is 2.84. The summed E-state index contributed by atoms with van der Waals surface area (Å²) >= 11 is 0. The fourth-order valence-electron chi connectivity index (χ4n) is 2.11. The van der Waals surface area contributed by atoms with E-state index in [0.29, 0.717) is 16.8 Å². The van der Waals surface area contributed by atoms with Gasteiger partial charge in [-0.15, -0.1) is 0 Å². The first-order valence-electron chi connectivity index (χ1n) is 7.24. The monoisotopic (exact) mass is 312 g/mol. The van der Waals surface area contributed by atoms with Crippen LogP contribution in [0.2, 0.25) is 0 Å². The summed E-state index contributed by atoms with van der Waals surface area (Å²) in [5.74, 6) is -0.427. The number of benzene rings is 1. The van der Waals surface area contributed by atoms with Gasteiger partial charge in [0.15, 0.2) is 6.04 Å². The van der Waals surface area contributed by atoms with E-state index in [9.17, 15) is 4.79 Å². The lowest BCUT2D eigenvalue weighted by molar-refractivity contribution is -0.141. The maximum atomic E-state index is 12.1. The quantitative estimate of drug-likeness (QED) is 0.878. The molecule has 0 saturated heterocycles. The lowest BCUT2D eigenvalue weighted by Crippen LogP contribution is -2.23. The van der Waals surface area contributed by atoms with Crippen LogP contribution in [0.5, 0.6) is 0 Å². The van der Waals surface area contributed by atoms with Gasteiger partial charge < -0.3 is 10.1 Å². The first kappa shape index (κ1) is 16.6. The van der Waals surface area contributed by atoms with Gasteiger partial charge >= 0.3 is 5.97 Å². The number of carbonyl (C=O) groups excluding carboxylic acids is 1. The molecule has 1 N–H and O–H groups in total. The highest BCUT2D eigenvalue weighted by atomic mass is 16.5. The van der Waals surface area contributed by atoms with Gasteiger partial charge in [-0.3, -0.25) is 4.68 Å². The number of rotatable bonds is 4. The average Bonchev–Trinajstić information content (AvgIpc) is 3.01. The lowest BCUT2D eigenvalue weighted by Gasteiger charge is -2.19. The van der Waals surface area contributed by atoms with Crippen molar-refractivity contribution in [3.05, 3.63) is 47.8 Å². The average molecular weight is 312 g/mol. The van der Waals surface area contributed by atoms with Crippen molar-refractivity contribution >= 4 is 11.7 Å². The van der Waals surface area contributed by atoms with Crippen LogP contribution in [0.15, 0.2) is 36.7 Å². The first-order chi connectivity index (χ1) is 10.8. The van der Waals surface area contributed by atoms with Gasteiger partial charge in [-0.25, -0.2) is 4.79 Å². The molecule has 0 unspecified atom stereocenters. The van der Waals surface area contributed by atoms with Crippen LogP contribution in [0.25, 0.3) is 0 Å². The molecule has 0 saturated carbocycles. The molecule has 0 spiro atoms. The molecule has 0 aliphatic carbocycles. The second kappa shape index (κ2) is 6.53. The number of hydrogen-bond donors (Lipinski definition) is 1. The number of nitrogens with zero attached hydrogens (tertiary/aromatic N) is 3. The molecular formula is C17H20N4O2. The number of nitrogens with one attached hydrogen (secondary N) is 1. The molecule has 1 aromatic carbocycles. The highest BCUT2D eigenvalue weighted by Crippen LogP contribution is 2.23. The van der Waals surface area contributed by atoms with Crippen molar-refractivity contribution in [1.82, 2.24) is 9.78 Å². The van der Waals surface area contributed by atoms with Crippen molar-refractivity contribution in [2.24, 2.45) is 0 Å². The Balaban J connectivity index is 2.31. The van der Waals surface area contributed by atoms with Crippen LogP contribution in [0.3, 0.4) is 0 Å². The molecule has 1 atom stereocenters. The Bertz CT molecular complexity index is 738. The standard InChI is InChI=1S/C17H20N4O2/c1-17(2,3)21-11-14(10-19-21)20-15(16(22)23-4)13-7-5-6-12(8-13)9-18/h5-8,10-11,15,20H,1-4H3/t15-/m1/s1. The van der Waals surface area contributed by atoms with Crippen LogP contribution >= 0.6 is 0 Å². The van der Waals surface area contributed by atoms with Gasteiger partial charge in [0, 0.05) is 6.20 Å². The molecule has 0 bridgehead atoms. The van der Waals surface area contributed by atoms with E-state index in [4.69, 9.17) is 10.00 Å². The molecule has 120 valence electrons. The molecule has 2 aromatic rings. The number of anilines is 1. The van der Waals surface area contributed by atoms with Gasteiger partial charge in [-0.1, -0.05) is 12.1 Å². The van der Waals surface area contributed by atoms with Crippen molar-refractivity contribution in [3.63, 3.8) is 0 Å². The van der Waals surface area contributed by atoms with Crippen LogP contribution in [0.4, 0.5) is 5.69 Å². The number of esters is 1. The number of methoxy groups -OCH3 is 1. The van der Waals surface area contributed by atoms with E-state index >= 15 is 0 Å². The Labute approximate surface area is 135 Å². The van der Waals surface area contributed by atoms with Crippen molar-refractivity contribution in [2.75, 3.05) is 12.4 Å². The zero-order valence-electron chi connectivity index (χ0n) is 13.7. The second-order valence-electron chi connectivity index (χ2n) is 6.18. The molecule has 0 amide bonds. The van der Waals surface area contributed by atoms with E-state index in [2.05, 4.69) is 16.5 Å². The zero-order chi connectivity index (χ0) is 17.0. The van der Waals surface area contributed by atoms with Crippen molar-refractivity contribution < 1.29 is 9.53 Å². The molecular weight excluding hydrogens is 292 g/mol. The summed E-state index contributed by atoms with van der Waals surface area (Å²) in [5.41, 5.74) is 1.71. The minimum Gasteiger partial charge on any atom is -0.467 e. The fourth-order valence-corrected chi connectivity index (χ4v) is 2.11. The molecule has 23 heavy (non-hydrogen) atoms. The van der Waals surface area contributed by atoms with Crippen molar-refractivity contribution in [1.29, 1.82) is 5.26 Å². The summed E-state index contributed by atoms with van der Waals surface area (Å²) in [5, 5.41) is 16.4. The molecule has 6 nitrogen and oxygen atoms in total. The number of hydrogen-bond acceptors (Lipinski definition) is 5. The Kier molecular flexibility index (Phi) is 4.70. The largest absolute Gasteiger partial charge is 0.467 e. The van der Waals surface area contributed by atoms with E-state index in [1.807, 2.05) is 31.6 Å². The molecule has 2 rings (SSSR count).